The van der Waals surface area contributed by atoms with E-state index in [9.17, 15) is 30.7 Å². The van der Waals surface area contributed by atoms with Crippen LogP contribution in [0.25, 0.3) is 11.1 Å². The zero-order valence-electron chi connectivity index (χ0n) is 11.8. The average Bonchev–Trinajstić information content (AvgIpc) is 2.85. The van der Waals surface area contributed by atoms with Gasteiger partial charge in [-0.1, -0.05) is 36.4 Å². The van der Waals surface area contributed by atoms with Crippen LogP contribution in [0.2, 0.25) is 0 Å². The van der Waals surface area contributed by atoms with E-state index in [1.54, 1.807) is 30.3 Å². The minimum absolute atomic E-state index is 0.106. The Labute approximate surface area is 131 Å². The highest BCUT2D eigenvalue weighted by Gasteiger charge is 2.75. The number of fused-ring (bicyclic) bond motifs is 3. The lowest BCUT2D eigenvalue weighted by Gasteiger charge is -2.28. The van der Waals surface area contributed by atoms with Gasteiger partial charge in [0.05, 0.1) is 0 Å². The van der Waals surface area contributed by atoms with E-state index in [0.29, 0.717) is 11.1 Å². The highest BCUT2D eigenvalue weighted by molar-refractivity contribution is 5.78. The molecule has 2 aromatic carbocycles. The van der Waals surface area contributed by atoms with Crippen LogP contribution in [0.15, 0.2) is 42.5 Å². The molecule has 0 aliphatic heterocycles. The standard InChI is InChI=1S/C16H9F7O/c17-14(18,15(19,20)21)16(22,23)24-13-7-3-6-11-10-5-2-1-4-9(10)8-12(11)13/h1-7H,8H2. The molecule has 24 heavy (non-hydrogen) atoms. The number of hydrogen-bond donors (Lipinski definition) is 0. The summed E-state index contributed by atoms with van der Waals surface area (Å²) in [5.41, 5.74) is 2.06. The molecule has 8 heteroatoms. The van der Waals surface area contributed by atoms with E-state index in [0.717, 1.165) is 11.6 Å². The maximum atomic E-state index is 13.5. The Morgan fingerprint density at radius 2 is 1.38 bits per heavy atom. The molecule has 1 nitrogen and oxygen atoms in total. The van der Waals surface area contributed by atoms with E-state index in [1.807, 2.05) is 0 Å². The topological polar surface area (TPSA) is 9.23 Å². The minimum atomic E-state index is -6.43. The van der Waals surface area contributed by atoms with Gasteiger partial charge in [0.25, 0.3) is 0 Å². The summed E-state index contributed by atoms with van der Waals surface area (Å²) in [5.74, 6) is -7.01. The third-order valence-electron chi connectivity index (χ3n) is 3.77. The van der Waals surface area contributed by atoms with Crippen LogP contribution in [0, 0.1) is 0 Å². The number of alkyl halides is 7. The molecular formula is C16H9F7O. The summed E-state index contributed by atoms with van der Waals surface area (Å²) in [6.45, 7) is 0. The first-order valence-electron chi connectivity index (χ1n) is 6.76. The van der Waals surface area contributed by atoms with Crippen LogP contribution in [0.4, 0.5) is 30.7 Å². The first kappa shape index (κ1) is 16.6. The molecule has 0 saturated carbocycles. The Kier molecular flexibility index (Phi) is 3.54. The van der Waals surface area contributed by atoms with Crippen LogP contribution in [0.5, 0.6) is 5.75 Å². The van der Waals surface area contributed by atoms with Gasteiger partial charge in [0.15, 0.2) is 0 Å². The monoisotopic (exact) mass is 350 g/mol. The highest BCUT2D eigenvalue weighted by Crippen LogP contribution is 2.49. The fourth-order valence-electron chi connectivity index (χ4n) is 2.59. The van der Waals surface area contributed by atoms with Crippen molar-refractivity contribution in [3.8, 4) is 16.9 Å². The molecular weight excluding hydrogens is 341 g/mol. The van der Waals surface area contributed by atoms with Gasteiger partial charge in [0.1, 0.15) is 5.75 Å². The number of hydrogen-bond acceptors (Lipinski definition) is 1. The summed E-state index contributed by atoms with van der Waals surface area (Å²) in [6.07, 6.45) is -12.1. The van der Waals surface area contributed by atoms with Gasteiger partial charge < -0.3 is 4.74 Å². The molecule has 0 spiro atoms. The molecule has 0 N–H and O–H groups in total. The summed E-state index contributed by atoms with van der Waals surface area (Å²) in [7, 11) is 0. The molecule has 0 saturated heterocycles. The molecule has 0 amide bonds. The molecule has 2 aromatic rings. The Balaban J connectivity index is 1.99. The smallest absolute Gasteiger partial charge is 0.427 e. The number of halogens is 7. The molecule has 0 bridgehead atoms. The maximum absolute atomic E-state index is 13.5. The van der Waals surface area contributed by atoms with Gasteiger partial charge in [-0.05, 0) is 22.8 Å². The Bertz CT molecular complexity index is 780. The second kappa shape index (κ2) is 5.12. The second-order valence-electron chi connectivity index (χ2n) is 5.31. The molecule has 3 rings (SSSR count). The zero-order valence-corrected chi connectivity index (χ0v) is 11.8. The number of benzene rings is 2. The van der Waals surface area contributed by atoms with E-state index < -0.39 is 24.0 Å². The normalized spacial score (nSPS) is 14.3. The first-order chi connectivity index (χ1) is 11.0. The Morgan fingerprint density at radius 1 is 0.750 bits per heavy atom. The van der Waals surface area contributed by atoms with Crippen LogP contribution < -0.4 is 4.74 Å². The van der Waals surface area contributed by atoms with Crippen molar-refractivity contribution in [2.45, 2.75) is 24.6 Å². The molecule has 0 fully saturated rings. The fourth-order valence-corrected chi connectivity index (χ4v) is 2.59. The summed E-state index contributed by atoms with van der Waals surface area (Å²) in [4.78, 5) is 0. The largest absolute Gasteiger partial charge is 0.474 e. The Morgan fingerprint density at radius 3 is 2.04 bits per heavy atom. The maximum Gasteiger partial charge on any atom is 0.474 e. The predicted molar refractivity (Wildman–Crippen MR) is 71.3 cm³/mol. The van der Waals surface area contributed by atoms with Gasteiger partial charge in [0.2, 0.25) is 0 Å². The van der Waals surface area contributed by atoms with Crippen molar-refractivity contribution in [3.63, 3.8) is 0 Å². The van der Waals surface area contributed by atoms with E-state index >= 15 is 0 Å². The van der Waals surface area contributed by atoms with Crippen molar-refractivity contribution in [2.24, 2.45) is 0 Å². The molecule has 0 unspecified atom stereocenters. The van der Waals surface area contributed by atoms with Crippen molar-refractivity contribution in [2.75, 3.05) is 0 Å². The molecule has 128 valence electrons. The number of rotatable bonds is 3. The summed E-state index contributed by atoms with van der Waals surface area (Å²) in [6, 6.07) is 10.6. The highest BCUT2D eigenvalue weighted by atomic mass is 19.4. The van der Waals surface area contributed by atoms with E-state index in [2.05, 4.69) is 4.74 Å². The van der Waals surface area contributed by atoms with Crippen molar-refractivity contribution in [3.05, 3.63) is 53.6 Å². The van der Waals surface area contributed by atoms with Crippen molar-refractivity contribution < 1.29 is 35.5 Å². The van der Waals surface area contributed by atoms with Crippen LogP contribution >= 0.6 is 0 Å². The van der Waals surface area contributed by atoms with Gasteiger partial charge in [-0.3, -0.25) is 0 Å². The second-order valence-corrected chi connectivity index (χ2v) is 5.31. The predicted octanol–water partition coefficient (Wildman–Crippen LogP) is 5.43. The number of ether oxygens (including phenoxy) is 1. The summed E-state index contributed by atoms with van der Waals surface area (Å²) >= 11 is 0. The zero-order chi connectivity index (χ0) is 17.8. The first-order valence-corrected chi connectivity index (χ1v) is 6.76. The van der Waals surface area contributed by atoms with Crippen molar-refractivity contribution in [1.82, 2.24) is 0 Å². The SMILES string of the molecule is FC(F)(F)C(F)(F)C(F)(F)Oc1cccc2c1Cc1ccccc1-2. The third-order valence-corrected chi connectivity index (χ3v) is 3.77. The van der Waals surface area contributed by atoms with Crippen LogP contribution in [-0.4, -0.2) is 18.2 Å². The molecule has 0 aromatic heterocycles. The summed E-state index contributed by atoms with van der Waals surface area (Å²) < 4.78 is 93.5. The van der Waals surface area contributed by atoms with Gasteiger partial charge in [0, 0.05) is 12.0 Å². The van der Waals surface area contributed by atoms with Crippen LogP contribution in [-0.2, 0) is 6.42 Å². The van der Waals surface area contributed by atoms with Gasteiger partial charge >= 0.3 is 18.2 Å². The lowest BCUT2D eigenvalue weighted by molar-refractivity contribution is -0.403. The lowest BCUT2D eigenvalue weighted by atomic mass is 10.1. The lowest BCUT2D eigenvalue weighted by Crippen LogP contribution is -2.55. The van der Waals surface area contributed by atoms with Crippen LogP contribution in [0.1, 0.15) is 11.1 Å². The molecule has 0 heterocycles. The van der Waals surface area contributed by atoms with Gasteiger partial charge in [-0.15, -0.1) is 0 Å². The van der Waals surface area contributed by atoms with Crippen molar-refractivity contribution in [1.29, 1.82) is 0 Å². The Hall–Kier alpha value is -2.25. The third kappa shape index (κ3) is 2.40. The average molecular weight is 350 g/mol. The fraction of sp³-hybridized carbons (Fsp3) is 0.250. The van der Waals surface area contributed by atoms with Crippen LogP contribution in [0.3, 0.4) is 0 Å². The molecule has 1 aliphatic carbocycles. The van der Waals surface area contributed by atoms with Gasteiger partial charge in [-0.2, -0.15) is 30.7 Å². The van der Waals surface area contributed by atoms with Gasteiger partial charge in [-0.25, -0.2) is 0 Å². The van der Waals surface area contributed by atoms with E-state index in [-0.39, 0.29) is 12.0 Å². The molecule has 0 radical (unpaired) electrons. The molecule has 0 atom stereocenters. The minimum Gasteiger partial charge on any atom is -0.427 e. The quantitative estimate of drug-likeness (QED) is 0.573. The van der Waals surface area contributed by atoms with Crippen molar-refractivity contribution >= 4 is 0 Å². The summed E-state index contributed by atoms with van der Waals surface area (Å²) in [5, 5.41) is 0. The molecule has 1 aliphatic rings. The van der Waals surface area contributed by atoms with E-state index in [4.69, 9.17) is 0 Å². The van der Waals surface area contributed by atoms with E-state index in [1.165, 1.54) is 6.07 Å².